The number of hydrogen-bond donors (Lipinski definition) is 2. The second kappa shape index (κ2) is 9.68. The van der Waals surface area contributed by atoms with E-state index in [0.29, 0.717) is 41.0 Å². The van der Waals surface area contributed by atoms with E-state index in [1.54, 1.807) is 23.9 Å². The molecule has 9 nitrogen and oxygen atoms in total. The zero-order valence-electron chi connectivity index (χ0n) is 19.3. The summed E-state index contributed by atoms with van der Waals surface area (Å²) in [7, 11) is 1.56. The van der Waals surface area contributed by atoms with Gasteiger partial charge in [-0.2, -0.15) is 4.68 Å². The quantitative estimate of drug-likeness (QED) is 0.419. The zero-order chi connectivity index (χ0) is 24.2. The van der Waals surface area contributed by atoms with Crippen LogP contribution in [0.15, 0.2) is 90.1 Å². The number of para-hydroxylation sites is 2. The third kappa shape index (κ3) is 4.56. The second-order valence-electron chi connectivity index (χ2n) is 8.01. The minimum atomic E-state index is -0.559. The van der Waals surface area contributed by atoms with E-state index in [-0.39, 0.29) is 5.91 Å². The molecule has 2 heterocycles. The van der Waals surface area contributed by atoms with Gasteiger partial charge in [0.25, 0.3) is 5.91 Å². The minimum absolute atomic E-state index is 0.291. The van der Waals surface area contributed by atoms with Crippen LogP contribution in [0.4, 0.5) is 11.6 Å². The van der Waals surface area contributed by atoms with Crippen molar-refractivity contribution in [3.8, 4) is 11.5 Å². The van der Waals surface area contributed by atoms with Crippen molar-refractivity contribution in [3.63, 3.8) is 0 Å². The first-order chi connectivity index (χ1) is 17.1. The van der Waals surface area contributed by atoms with E-state index in [1.165, 1.54) is 0 Å². The number of rotatable bonds is 7. The van der Waals surface area contributed by atoms with Gasteiger partial charge in [-0.1, -0.05) is 59.7 Å². The van der Waals surface area contributed by atoms with Gasteiger partial charge in [0, 0.05) is 5.70 Å². The van der Waals surface area contributed by atoms with Gasteiger partial charge in [0.1, 0.15) is 24.1 Å². The van der Waals surface area contributed by atoms with Gasteiger partial charge in [-0.25, -0.2) is 0 Å². The van der Waals surface area contributed by atoms with Gasteiger partial charge in [0.05, 0.1) is 18.4 Å². The van der Waals surface area contributed by atoms with Crippen LogP contribution in [-0.4, -0.2) is 33.2 Å². The van der Waals surface area contributed by atoms with Crippen molar-refractivity contribution in [2.45, 2.75) is 19.6 Å². The van der Waals surface area contributed by atoms with Crippen LogP contribution >= 0.6 is 0 Å². The third-order valence-corrected chi connectivity index (χ3v) is 5.74. The van der Waals surface area contributed by atoms with Crippen molar-refractivity contribution in [2.75, 3.05) is 17.7 Å². The van der Waals surface area contributed by atoms with Gasteiger partial charge in [-0.15, -0.1) is 0 Å². The summed E-state index contributed by atoms with van der Waals surface area (Å²) >= 11 is 0. The molecule has 0 radical (unpaired) electrons. The number of ether oxygens (including phenoxy) is 2. The predicted octanol–water partition coefficient (Wildman–Crippen LogP) is 4.19. The van der Waals surface area contributed by atoms with Crippen molar-refractivity contribution in [1.29, 1.82) is 0 Å². The van der Waals surface area contributed by atoms with E-state index in [4.69, 9.17) is 9.47 Å². The Morgan fingerprint density at radius 2 is 1.86 bits per heavy atom. The number of fused-ring (bicyclic) bond motifs is 1. The van der Waals surface area contributed by atoms with Crippen molar-refractivity contribution in [1.82, 2.24) is 20.2 Å². The summed E-state index contributed by atoms with van der Waals surface area (Å²) in [6.45, 7) is 2.26. The standard InChI is InChI=1S/C26H24N6O3/c1-17-23(25(33)28-21-13-6-7-14-22(21)34-2)24(32-26(27-17)29-30-31-32)19-11-8-12-20(15-19)35-16-18-9-4-3-5-10-18/h3-15,24H,16H2,1-2H3,(H,28,33)(H,27,29,31)/t24-/m0/s1. The van der Waals surface area contributed by atoms with Crippen LogP contribution in [0.5, 0.6) is 11.5 Å². The topological polar surface area (TPSA) is 103 Å². The maximum Gasteiger partial charge on any atom is 0.255 e. The summed E-state index contributed by atoms with van der Waals surface area (Å²) in [5.74, 6) is 1.42. The molecule has 0 saturated carbocycles. The molecular weight excluding hydrogens is 444 g/mol. The Labute approximate surface area is 202 Å². The van der Waals surface area contributed by atoms with E-state index >= 15 is 0 Å². The first-order valence-electron chi connectivity index (χ1n) is 11.1. The van der Waals surface area contributed by atoms with E-state index in [1.807, 2.05) is 73.7 Å². The normalized spacial score (nSPS) is 14.6. The number of carbonyl (C=O) groups excluding carboxylic acids is 1. The van der Waals surface area contributed by atoms with Crippen LogP contribution in [0.1, 0.15) is 24.1 Å². The maximum atomic E-state index is 13.6. The third-order valence-electron chi connectivity index (χ3n) is 5.74. The van der Waals surface area contributed by atoms with Crippen LogP contribution in [0.3, 0.4) is 0 Å². The summed E-state index contributed by atoms with van der Waals surface area (Å²) < 4.78 is 13.0. The molecule has 0 fully saturated rings. The van der Waals surface area contributed by atoms with Crippen LogP contribution in [0.25, 0.3) is 0 Å². The summed E-state index contributed by atoms with van der Waals surface area (Å²) in [6.07, 6.45) is 0. The molecule has 9 heteroatoms. The summed E-state index contributed by atoms with van der Waals surface area (Å²) in [4.78, 5) is 13.6. The summed E-state index contributed by atoms with van der Waals surface area (Å²) in [5.41, 5.74) is 3.59. The fourth-order valence-electron chi connectivity index (χ4n) is 4.07. The Morgan fingerprint density at radius 1 is 1.06 bits per heavy atom. The Balaban J connectivity index is 1.48. The molecule has 5 rings (SSSR count). The predicted molar refractivity (Wildman–Crippen MR) is 131 cm³/mol. The molecule has 1 aromatic heterocycles. The lowest BCUT2D eigenvalue weighted by Crippen LogP contribution is -2.31. The molecule has 176 valence electrons. The number of nitrogens with zero attached hydrogens (tertiary/aromatic N) is 4. The molecule has 1 aliphatic rings. The first kappa shape index (κ1) is 22.1. The smallest absolute Gasteiger partial charge is 0.255 e. The van der Waals surface area contributed by atoms with E-state index in [9.17, 15) is 4.79 Å². The van der Waals surface area contributed by atoms with E-state index in [2.05, 4.69) is 26.2 Å². The monoisotopic (exact) mass is 468 g/mol. The molecule has 2 N–H and O–H groups in total. The molecular formula is C26H24N6O3. The Morgan fingerprint density at radius 3 is 2.69 bits per heavy atom. The lowest BCUT2D eigenvalue weighted by Gasteiger charge is -2.28. The molecule has 1 atom stereocenters. The number of aromatic nitrogens is 4. The Bertz CT molecular complexity index is 1380. The van der Waals surface area contributed by atoms with Crippen LogP contribution in [0.2, 0.25) is 0 Å². The summed E-state index contributed by atoms with van der Waals surface area (Å²) in [6, 6.07) is 24.3. The fraction of sp³-hybridized carbons (Fsp3) is 0.154. The van der Waals surface area contributed by atoms with Gasteiger partial charge >= 0.3 is 0 Å². The van der Waals surface area contributed by atoms with Crippen LogP contribution in [0, 0.1) is 0 Å². The number of nitrogens with one attached hydrogen (secondary N) is 2. The Kier molecular flexibility index (Phi) is 6.13. The van der Waals surface area contributed by atoms with E-state index in [0.717, 1.165) is 11.1 Å². The van der Waals surface area contributed by atoms with Crippen LogP contribution < -0.4 is 20.1 Å². The number of hydrogen-bond acceptors (Lipinski definition) is 7. The molecule has 3 aromatic carbocycles. The van der Waals surface area contributed by atoms with Crippen molar-refractivity contribution >= 4 is 17.5 Å². The number of amides is 1. The number of allylic oxidation sites excluding steroid dienone is 1. The molecule has 0 aliphatic carbocycles. The number of carbonyl (C=O) groups is 1. The highest BCUT2D eigenvalue weighted by Crippen LogP contribution is 2.36. The molecule has 1 aliphatic heterocycles. The molecule has 1 amide bonds. The number of benzene rings is 3. The fourth-order valence-corrected chi connectivity index (χ4v) is 4.07. The number of methoxy groups -OCH3 is 1. The largest absolute Gasteiger partial charge is 0.495 e. The van der Waals surface area contributed by atoms with E-state index < -0.39 is 6.04 Å². The molecule has 0 unspecified atom stereocenters. The lowest BCUT2D eigenvalue weighted by molar-refractivity contribution is -0.113. The molecule has 0 bridgehead atoms. The van der Waals surface area contributed by atoms with Gasteiger partial charge in [-0.3, -0.25) is 4.79 Å². The summed E-state index contributed by atoms with van der Waals surface area (Å²) in [5, 5.41) is 18.1. The second-order valence-corrected chi connectivity index (χ2v) is 8.01. The van der Waals surface area contributed by atoms with Gasteiger partial charge in [-0.05, 0) is 52.7 Å². The average Bonchev–Trinajstić information content (AvgIpc) is 3.35. The van der Waals surface area contributed by atoms with Gasteiger partial charge < -0.3 is 20.1 Å². The zero-order valence-corrected chi connectivity index (χ0v) is 19.3. The highest BCUT2D eigenvalue weighted by atomic mass is 16.5. The SMILES string of the molecule is COc1ccccc1NC(=O)C1=C(C)Nc2nnnn2[C@H]1c1cccc(OCc2ccccc2)c1. The van der Waals surface area contributed by atoms with Gasteiger partial charge in [0.2, 0.25) is 5.95 Å². The highest BCUT2D eigenvalue weighted by Gasteiger charge is 2.34. The lowest BCUT2D eigenvalue weighted by atomic mass is 9.94. The van der Waals surface area contributed by atoms with Crippen LogP contribution in [-0.2, 0) is 11.4 Å². The minimum Gasteiger partial charge on any atom is -0.495 e. The maximum absolute atomic E-state index is 13.6. The van der Waals surface area contributed by atoms with Gasteiger partial charge in [0.15, 0.2) is 0 Å². The number of anilines is 2. The Hall–Kier alpha value is -4.66. The van der Waals surface area contributed by atoms with Crippen molar-refractivity contribution in [2.24, 2.45) is 0 Å². The molecule has 0 saturated heterocycles. The average molecular weight is 469 g/mol. The number of tetrazole rings is 1. The highest BCUT2D eigenvalue weighted by molar-refractivity contribution is 6.06. The molecule has 4 aromatic rings. The molecule has 35 heavy (non-hydrogen) atoms. The van der Waals surface area contributed by atoms with Crippen molar-refractivity contribution in [3.05, 3.63) is 101 Å². The van der Waals surface area contributed by atoms with Crippen molar-refractivity contribution < 1.29 is 14.3 Å². The molecule has 0 spiro atoms. The first-order valence-corrected chi connectivity index (χ1v) is 11.1.